The molecule has 4 nitrogen and oxygen atoms in total. The summed E-state index contributed by atoms with van der Waals surface area (Å²) in [6.45, 7) is 12.7. The van der Waals surface area contributed by atoms with Gasteiger partial charge in [0, 0.05) is 19.4 Å². The summed E-state index contributed by atoms with van der Waals surface area (Å²) >= 11 is 0. The van der Waals surface area contributed by atoms with Crippen LogP contribution in [0, 0.1) is 17.8 Å². The normalized spacial score (nSPS) is 32.7. The Bertz CT molecular complexity index is 329. The molecule has 0 aromatic heterocycles. The summed E-state index contributed by atoms with van der Waals surface area (Å²) in [6.07, 6.45) is 4.76. The summed E-state index contributed by atoms with van der Waals surface area (Å²) in [7, 11) is 0. The van der Waals surface area contributed by atoms with Gasteiger partial charge in [0.25, 0.3) is 0 Å². The number of esters is 1. The monoisotopic (exact) mass is 298 g/mol. The van der Waals surface area contributed by atoms with E-state index in [9.17, 15) is 4.79 Å². The van der Waals surface area contributed by atoms with Crippen LogP contribution in [0.1, 0.15) is 47.0 Å². The molecule has 1 aliphatic rings. The van der Waals surface area contributed by atoms with Crippen molar-refractivity contribution in [3.63, 3.8) is 0 Å². The van der Waals surface area contributed by atoms with Gasteiger partial charge in [-0.3, -0.25) is 4.79 Å². The molecule has 1 fully saturated rings. The van der Waals surface area contributed by atoms with Crippen LogP contribution >= 0.6 is 0 Å². The van der Waals surface area contributed by atoms with Crippen LogP contribution in [0.5, 0.6) is 0 Å². The van der Waals surface area contributed by atoms with Crippen molar-refractivity contribution in [2.24, 2.45) is 17.8 Å². The van der Waals surface area contributed by atoms with Gasteiger partial charge >= 0.3 is 5.97 Å². The molecule has 4 heteroatoms. The summed E-state index contributed by atoms with van der Waals surface area (Å²) in [5.74, 6) is 0.893. The van der Waals surface area contributed by atoms with Gasteiger partial charge in [0.2, 0.25) is 0 Å². The Hall–Kier alpha value is -0.870. The van der Waals surface area contributed by atoms with Gasteiger partial charge in [-0.1, -0.05) is 26.8 Å². The third-order valence-corrected chi connectivity index (χ3v) is 4.52. The number of ether oxygens (including phenoxy) is 3. The van der Waals surface area contributed by atoms with Gasteiger partial charge in [0.15, 0.2) is 6.29 Å². The third-order valence-electron chi connectivity index (χ3n) is 4.52. The lowest BCUT2D eigenvalue weighted by Gasteiger charge is -2.43. The zero-order valence-electron chi connectivity index (χ0n) is 13.8. The molecule has 5 atom stereocenters. The van der Waals surface area contributed by atoms with Gasteiger partial charge in [0.1, 0.15) is 6.61 Å². The average molecular weight is 298 g/mol. The molecule has 1 aliphatic heterocycles. The molecule has 1 rings (SSSR count). The highest BCUT2D eigenvalue weighted by Crippen LogP contribution is 2.35. The molecule has 0 aromatic rings. The van der Waals surface area contributed by atoms with E-state index in [1.54, 1.807) is 0 Å². The lowest BCUT2D eigenvalue weighted by Crippen LogP contribution is -2.47. The summed E-state index contributed by atoms with van der Waals surface area (Å²) in [6, 6.07) is 0. The number of hydrogen-bond donors (Lipinski definition) is 0. The molecule has 0 N–H and O–H groups in total. The topological polar surface area (TPSA) is 44.8 Å². The highest BCUT2D eigenvalue weighted by Gasteiger charge is 2.39. The highest BCUT2D eigenvalue weighted by atomic mass is 16.7. The second-order valence-corrected chi connectivity index (χ2v) is 6.08. The van der Waals surface area contributed by atoms with Gasteiger partial charge in [-0.2, -0.15) is 0 Å². The second kappa shape index (κ2) is 9.21. The van der Waals surface area contributed by atoms with Crippen molar-refractivity contribution in [3.05, 3.63) is 12.7 Å². The van der Waals surface area contributed by atoms with E-state index in [0.717, 1.165) is 19.3 Å². The van der Waals surface area contributed by atoms with Crippen LogP contribution in [0.2, 0.25) is 0 Å². The van der Waals surface area contributed by atoms with E-state index in [1.807, 2.05) is 6.08 Å². The third kappa shape index (κ3) is 5.79. The van der Waals surface area contributed by atoms with E-state index < -0.39 is 0 Å². The van der Waals surface area contributed by atoms with Crippen molar-refractivity contribution in [1.29, 1.82) is 0 Å². The predicted octanol–water partition coefficient (Wildman–Crippen LogP) is 3.56. The first kappa shape index (κ1) is 18.2. The van der Waals surface area contributed by atoms with Crippen molar-refractivity contribution in [2.75, 3.05) is 13.2 Å². The summed E-state index contributed by atoms with van der Waals surface area (Å²) < 4.78 is 17.0. The SMILES string of the molecule is C=CCCCCOC1OC(COC(C)=O)C(C)C(C)C1C. The molecule has 0 bridgehead atoms. The van der Waals surface area contributed by atoms with Crippen LogP contribution in [0.4, 0.5) is 0 Å². The number of carbonyl (C=O) groups excluding carboxylic acids is 1. The maximum Gasteiger partial charge on any atom is 0.302 e. The first-order valence-corrected chi connectivity index (χ1v) is 7.98. The molecule has 21 heavy (non-hydrogen) atoms. The first-order chi connectivity index (χ1) is 9.97. The van der Waals surface area contributed by atoms with Gasteiger partial charge in [-0.25, -0.2) is 0 Å². The summed E-state index contributed by atoms with van der Waals surface area (Å²) in [5.41, 5.74) is 0. The van der Waals surface area contributed by atoms with E-state index in [4.69, 9.17) is 14.2 Å². The minimum atomic E-state index is -0.265. The van der Waals surface area contributed by atoms with Crippen LogP contribution in [0.15, 0.2) is 12.7 Å². The standard InChI is InChI=1S/C17H30O4/c1-6-7-8-9-10-19-17-14(4)12(2)13(3)16(21-17)11-20-15(5)18/h6,12-14,16-17H,1,7-11H2,2-5H3. The molecule has 1 heterocycles. The predicted molar refractivity (Wildman–Crippen MR) is 82.8 cm³/mol. The molecular formula is C17H30O4. The fourth-order valence-electron chi connectivity index (χ4n) is 2.66. The van der Waals surface area contributed by atoms with Gasteiger partial charge < -0.3 is 14.2 Å². The Labute approximate surface area is 128 Å². The van der Waals surface area contributed by atoms with Crippen LogP contribution in [-0.4, -0.2) is 31.6 Å². The van der Waals surface area contributed by atoms with E-state index in [2.05, 4.69) is 27.4 Å². The van der Waals surface area contributed by atoms with Crippen LogP contribution < -0.4 is 0 Å². The zero-order chi connectivity index (χ0) is 15.8. The highest BCUT2D eigenvalue weighted by molar-refractivity contribution is 5.65. The van der Waals surface area contributed by atoms with E-state index in [0.29, 0.717) is 31.0 Å². The minimum Gasteiger partial charge on any atom is -0.463 e. The summed E-state index contributed by atoms with van der Waals surface area (Å²) in [5, 5.41) is 0. The number of hydrogen-bond acceptors (Lipinski definition) is 4. The molecule has 0 aromatic carbocycles. The molecule has 0 saturated carbocycles. The van der Waals surface area contributed by atoms with Crippen molar-refractivity contribution in [2.45, 2.75) is 59.4 Å². The van der Waals surface area contributed by atoms with Gasteiger partial charge in [-0.15, -0.1) is 6.58 Å². The van der Waals surface area contributed by atoms with E-state index >= 15 is 0 Å². The Morgan fingerprint density at radius 2 is 1.90 bits per heavy atom. The van der Waals surface area contributed by atoms with Gasteiger partial charge in [0.05, 0.1) is 6.10 Å². The van der Waals surface area contributed by atoms with E-state index in [1.165, 1.54) is 6.92 Å². The zero-order valence-corrected chi connectivity index (χ0v) is 13.8. The largest absolute Gasteiger partial charge is 0.463 e. The second-order valence-electron chi connectivity index (χ2n) is 6.08. The van der Waals surface area contributed by atoms with E-state index in [-0.39, 0.29) is 18.4 Å². The molecule has 0 amide bonds. The number of rotatable bonds is 8. The molecule has 122 valence electrons. The number of carbonyl (C=O) groups is 1. The Morgan fingerprint density at radius 3 is 2.52 bits per heavy atom. The fraction of sp³-hybridized carbons (Fsp3) is 0.824. The Kier molecular flexibility index (Phi) is 7.97. The van der Waals surface area contributed by atoms with Crippen LogP contribution in [0.25, 0.3) is 0 Å². The average Bonchev–Trinajstić information content (AvgIpc) is 2.45. The van der Waals surface area contributed by atoms with Crippen molar-refractivity contribution in [1.82, 2.24) is 0 Å². The molecule has 5 unspecified atom stereocenters. The van der Waals surface area contributed by atoms with Crippen LogP contribution in [0.3, 0.4) is 0 Å². The molecule has 0 aliphatic carbocycles. The molecular weight excluding hydrogens is 268 g/mol. The van der Waals surface area contributed by atoms with Crippen molar-refractivity contribution < 1.29 is 19.0 Å². The minimum absolute atomic E-state index is 0.0849. The first-order valence-electron chi connectivity index (χ1n) is 7.98. The van der Waals surface area contributed by atoms with Crippen molar-refractivity contribution in [3.8, 4) is 0 Å². The van der Waals surface area contributed by atoms with Crippen LogP contribution in [-0.2, 0) is 19.0 Å². The quantitative estimate of drug-likeness (QED) is 0.390. The molecule has 0 radical (unpaired) electrons. The Morgan fingerprint density at radius 1 is 1.19 bits per heavy atom. The maximum absolute atomic E-state index is 11.0. The Balaban J connectivity index is 2.46. The number of allylic oxidation sites excluding steroid dienone is 1. The maximum atomic E-state index is 11.0. The number of unbranched alkanes of at least 4 members (excludes halogenated alkanes) is 2. The van der Waals surface area contributed by atoms with Gasteiger partial charge in [-0.05, 0) is 31.1 Å². The molecule has 0 spiro atoms. The summed E-state index contributed by atoms with van der Waals surface area (Å²) in [4.78, 5) is 11.0. The lowest BCUT2D eigenvalue weighted by atomic mass is 9.79. The fourth-order valence-corrected chi connectivity index (χ4v) is 2.66. The lowest BCUT2D eigenvalue weighted by molar-refractivity contribution is -0.255. The van der Waals surface area contributed by atoms with Crippen molar-refractivity contribution >= 4 is 5.97 Å². The smallest absolute Gasteiger partial charge is 0.302 e. The molecule has 1 saturated heterocycles.